The van der Waals surface area contributed by atoms with Gasteiger partial charge in [0.05, 0.1) is 15.9 Å². The zero-order valence-corrected chi connectivity index (χ0v) is 17.6. The van der Waals surface area contributed by atoms with Gasteiger partial charge in [0.2, 0.25) is 0 Å². The molecule has 10 nitrogen and oxygen atoms in total. The molecule has 1 aromatic carbocycles. The number of ether oxygens (including phenoxy) is 1. The number of aromatic nitrogens is 3. The lowest BCUT2D eigenvalue weighted by Gasteiger charge is -2.35. The van der Waals surface area contributed by atoms with E-state index < -0.39 is 4.92 Å². The topological polar surface area (TPSA) is 107 Å². The second-order valence-corrected chi connectivity index (χ2v) is 8.50. The number of hydrogen-bond donors (Lipinski definition) is 0. The number of piperazine rings is 1. The molecule has 11 heteroatoms. The van der Waals surface area contributed by atoms with Gasteiger partial charge in [0, 0.05) is 58.0 Å². The van der Waals surface area contributed by atoms with Crippen LogP contribution >= 0.6 is 11.8 Å². The van der Waals surface area contributed by atoms with Crippen LogP contribution in [0, 0.1) is 10.1 Å². The van der Waals surface area contributed by atoms with Crippen molar-refractivity contribution in [3.05, 3.63) is 40.2 Å². The van der Waals surface area contributed by atoms with Crippen molar-refractivity contribution in [1.29, 1.82) is 0 Å². The van der Waals surface area contributed by atoms with Crippen LogP contribution in [0.25, 0.3) is 0 Å². The van der Waals surface area contributed by atoms with Gasteiger partial charge in [0.25, 0.3) is 11.6 Å². The first-order valence-corrected chi connectivity index (χ1v) is 10.8. The normalized spacial score (nSPS) is 19.9. The van der Waals surface area contributed by atoms with Crippen molar-refractivity contribution in [2.75, 3.05) is 39.3 Å². The summed E-state index contributed by atoms with van der Waals surface area (Å²) in [5.41, 5.74) is 0.224. The van der Waals surface area contributed by atoms with Gasteiger partial charge in [-0.2, -0.15) is 0 Å². The van der Waals surface area contributed by atoms with Crippen LogP contribution in [-0.2, 0) is 11.8 Å². The van der Waals surface area contributed by atoms with E-state index in [4.69, 9.17) is 4.74 Å². The third-order valence-electron chi connectivity index (χ3n) is 5.42. The predicted octanol–water partition coefficient (Wildman–Crippen LogP) is 1.81. The van der Waals surface area contributed by atoms with Gasteiger partial charge < -0.3 is 14.2 Å². The standard InChI is InChI=1S/C19H24N6O4S/c1-22-13-20-21-19(22)30-17-5-4-14(11-16(17)25(27)28)18(26)24-8-6-23(7-9-24)12-15-3-2-10-29-15/h4-5,11,13,15H,2-3,6-10,12H2,1H3. The summed E-state index contributed by atoms with van der Waals surface area (Å²) in [5, 5.41) is 19.9. The number of hydrogen-bond acceptors (Lipinski definition) is 8. The molecular weight excluding hydrogens is 408 g/mol. The lowest BCUT2D eigenvalue weighted by atomic mass is 10.1. The van der Waals surface area contributed by atoms with E-state index in [0.29, 0.717) is 34.8 Å². The zero-order chi connectivity index (χ0) is 21.1. The van der Waals surface area contributed by atoms with Crippen molar-refractivity contribution in [3.8, 4) is 0 Å². The number of benzene rings is 1. The van der Waals surface area contributed by atoms with E-state index in [1.54, 1.807) is 28.6 Å². The first-order valence-electron chi connectivity index (χ1n) is 9.95. The maximum Gasteiger partial charge on any atom is 0.284 e. The van der Waals surface area contributed by atoms with E-state index in [1.165, 1.54) is 12.4 Å². The molecule has 0 saturated carbocycles. The number of nitro groups is 1. The van der Waals surface area contributed by atoms with Crippen molar-refractivity contribution in [1.82, 2.24) is 24.6 Å². The number of rotatable bonds is 6. The second-order valence-electron chi connectivity index (χ2n) is 7.49. The molecule has 2 aliphatic heterocycles. The molecule has 1 unspecified atom stereocenters. The highest BCUT2D eigenvalue weighted by molar-refractivity contribution is 7.99. The first-order chi connectivity index (χ1) is 14.5. The Hall–Kier alpha value is -2.50. The summed E-state index contributed by atoms with van der Waals surface area (Å²) in [6.07, 6.45) is 4.05. The molecule has 2 aromatic rings. The molecule has 2 aliphatic rings. The fraction of sp³-hybridized carbons (Fsp3) is 0.526. The predicted molar refractivity (Wildman–Crippen MR) is 110 cm³/mol. The van der Waals surface area contributed by atoms with Gasteiger partial charge in [0.1, 0.15) is 6.33 Å². The summed E-state index contributed by atoms with van der Waals surface area (Å²) in [6, 6.07) is 4.62. The summed E-state index contributed by atoms with van der Waals surface area (Å²) in [7, 11) is 1.77. The number of amides is 1. The highest BCUT2D eigenvalue weighted by Gasteiger charge is 2.27. The van der Waals surface area contributed by atoms with Gasteiger partial charge >= 0.3 is 0 Å². The SMILES string of the molecule is Cn1cnnc1Sc1ccc(C(=O)N2CCN(CC3CCCO3)CC2)cc1[N+](=O)[O-]. The zero-order valence-electron chi connectivity index (χ0n) is 16.8. The Bertz CT molecular complexity index is 921. The van der Waals surface area contributed by atoms with Gasteiger partial charge in [-0.15, -0.1) is 10.2 Å². The molecule has 0 N–H and O–H groups in total. The molecule has 160 valence electrons. The Kier molecular flexibility index (Phi) is 6.30. The van der Waals surface area contributed by atoms with E-state index in [1.807, 2.05) is 0 Å². The minimum absolute atomic E-state index is 0.106. The molecule has 1 amide bonds. The average Bonchev–Trinajstić information content (AvgIpc) is 3.40. The summed E-state index contributed by atoms with van der Waals surface area (Å²) in [4.78, 5) is 28.6. The number of nitro benzene ring substituents is 1. The molecule has 4 rings (SSSR count). The Balaban J connectivity index is 1.42. The molecule has 0 radical (unpaired) electrons. The van der Waals surface area contributed by atoms with Gasteiger partial charge in [-0.25, -0.2) is 0 Å². The van der Waals surface area contributed by atoms with Gasteiger partial charge in [-0.1, -0.05) is 0 Å². The van der Waals surface area contributed by atoms with Crippen LogP contribution in [0.3, 0.4) is 0 Å². The molecule has 0 aliphatic carbocycles. The van der Waals surface area contributed by atoms with Crippen molar-refractivity contribution in [2.45, 2.75) is 29.0 Å². The number of carbonyl (C=O) groups is 1. The third kappa shape index (κ3) is 4.63. The number of carbonyl (C=O) groups excluding carboxylic acids is 1. The van der Waals surface area contributed by atoms with Crippen LogP contribution in [0.1, 0.15) is 23.2 Å². The van der Waals surface area contributed by atoms with E-state index in [9.17, 15) is 14.9 Å². The van der Waals surface area contributed by atoms with Crippen LogP contribution in [0.2, 0.25) is 0 Å². The molecule has 1 atom stereocenters. The van der Waals surface area contributed by atoms with Crippen LogP contribution in [-0.4, -0.2) is 80.8 Å². The largest absolute Gasteiger partial charge is 0.377 e. The van der Waals surface area contributed by atoms with Gasteiger partial charge in [-0.3, -0.25) is 19.8 Å². The molecule has 0 bridgehead atoms. The highest BCUT2D eigenvalue weighted by Crippen LogP contribution is 2.34. The quantitative estimate of drug-likeness (QED) is 0.503. The number of nitrogens with zero attached hydrogens (tertiary/aromatic N) is 6. The van der Waals surface area contributed by atoms with Crippen molar-refractivity contribution < 1.29 is 14.5 Å². The summed E-state index contributed by atoms with van der Waals surface area (Å²) in [6.45, 7) is 4.53. The monoisotopic (exact) mass is 432 g/mol. The van der Waals surface area contributed by atoms with E-state index >= 15 is 0 Å². The lowest BCUT2D eigenvalue weighted by Crippen LogP contribution is -2.50. The summed E-state index contributed by atoms with van der Waals surface area (Å²) in [5.74, 6) is -0.176. The fourth-order valence-electron chi connectivity index (χ4n) is 3.74. The Labute approximate surface area is 178 Å². The molecule has 3 heterocycles. The molecule has 1 aromatic heterocycles. The van der Waals surface area contributed by atoms with E-state index in [0.717, 1.165) is 50.8 Å². The van der Waals surface area contributed by atoms with E-state index in [-0.39, 0.29) is 11.6 Å². The van der Waals surface area contributed by atoms with Crippen molar-refractivity contribution in [2.24, 2.45) is 7.05 Å². The minimum atomic E-state index is -0.463. The molecule has 0 spiro atoms. The number of aryl methyl sites for hydroxylation is 1. The van der Waals surface area contributed by atoms with Crippen LogP contribution in [0.4, 0.5) is 5.69 Å². The minimum Gasteiger partial charge on any atom is -0.377 e. The first kappa shape index (κ1) is 20.8. The Morgan fingerprint density at radius 2 is 2.13 bits per heavy atom. The fourth-order valence-corrected chi connectivity index (χ4v) is 4.59. The van der Waals surface area contributed by atoms with Crippen LogP contribution < -0.4 is 0 Å². The highest BCUT2D eigenvalue weighted by atomic mass is 32.2. The van der Waals surface area contributed by atoms with Crippen molar-refractivity contribution >= 4 is 23.4 Å². The van der Waals surface area contributed by atoms with Gasteiger partial charge in [-0.05, 0) is 36.7 Å². The summed E-state index contributed by atoms with van der Waals surface area (Å²) < 4.78 is 7.38. The average molecular weight is 433 g/mol. The molecule has 2 saturated heterocycles. The lowest BCUT2D eigenvalue weighted by molar-refractivity contribution is -0.387. The molecular formula is C19H24N6O4S. The summed E-state index contributed by atoms with van der Waals surface area (Å²) >= 11 is 1.15. The molecule has 30 heavy (non-hydrogen) atoms. The van der Waals surface area contributed by atoms with Crippen molar-refractivity contribution in [3.63, 3.8) is 0 Å². The second kappa shape index (κ2) is 9.11. The Morgan fingerprint density at radius 1 is 1.33 bits per heavy atom. The van der Waals surface area contributed by atoms with E-state index in [2.05, 4.69) is 15.1 Å². The van der Waals surface area contributed by atoms with Crippen LogP contribution in [0.15, 0.2) is 34.6 Å². The smallest absolute Gasteiger partial charge is 0.284 e. The maximum atomic E-state index is 12.9. The maximum absolute atomic E-state index is 12.9. The van der Waals surface area contributed by atoms with Crippen LogP contribution in [0.5, 0.6) is 0 Å². The van der Waals surface area contributed by atoms with Gasteiger partial charge in [0.15, 0.2) is 5.16 Å². The third-order valence-corrected chi connectivity index (χ3v) is 6.54. The Morgan fingerprint density at radius 3 is 2.77 bits per heavy atom. The molecule has 2 fully saturated rings.